The number of pyridine rings is 1. The van der Waals surface area contributed by atoms with E-state index in [1.165, 1.54) is 47.1 Å². The first kappa shape index (κ1) is 13.3. The van der Waals surface area contributed by atoms with Crippen LogP contribution in [0.2, 0.25) is 0 Å². The summed E-state index contributed by atoms with van der Waals surface area (Å²) in [5.41, 5.74) is 6.90. The first-order valence-corrected chi connectivity index (χ1v) is 7.54. The van der Waals surface area contributed by atoms with E-state index in [-0.39, 0.29) is 6.04 Å². The number of aromatic nitrogens is 1. The van der Waals surface area contributed by atoms with Gasteiger partial charge in [0.25, 0.3) is 0 Å². The number of fused-ring (bicyclic) bond motifs is 1. The Morgan fingerprint density at radius 3 is 2.75 bits per heavy atom. The third-order valence-electron chi connectivity index (χ3n) is 4.09. The monoisotopic (exact) mass is 266 g/mol. The zero-order valence-corrected chi connectivity index (χ0v) is 12.3. The van der Waals surface area contributed by atoms with Gasteiger partial charge in [0.2, 0.25) is 0 Å². The van der Waals surface area contributed by atoms with Gasteiger partial charge in [-0.2, -0.15) is 0 Å². The van der Waals surface area contributed by atoms with Crippen LogP contribution in [0.1, 0.15) is 47.2 Å². The van der Waals surface area contributed by atoms with Crippen LogP contribution in [0.4, 0.5) is 0 Å². The highest BCUT2D eigenvalue weighted by atomic mass is 14.9. The number of aryl methyl sites for hydroxylation is 3. The number of nitrogens with one attached hydrogen (secondary N) is 1. The van der Waals surface area contributed by atoms with Gasteiger partial charge in [0.1, 0.15) is 0 Å². The molecule has 3 rings (SSSR count). The summed E-state index contributed by atoms with van der Waals surface area (Å²) in [7, 11) is 0. The summed E-state index contributed by atoms with van der Waals surface area (Å²) in [5, 5.41) is 3.59. The maximum atomic E-state index is 4.35. The minimum atomic E-state index is 0.248. The van der Waals surface area contributed by atoms with Crippen LogP contribution in [0, 0.1) is 6.92 Å². The van der Waals surface area contributed by atoms with E-state index < -0.39 is 0 Å². The molecule has 2 heteroatoms. The lowest BCUT2D eigenvalue weighted by Gasteiger charge is -2.20. The van der Waals surface area contributed by atoms with Crippen LogP contribution in [0.3, 0.4) is 0 Å². The second-order valence-electron chi connectivity index (χ2n) is 5.67. The van der Waals surface area contributed by atoms with E-state index in [2.05, 4.69) is 48.4 Å². The lowest BCUT2D eigenvalue weighted by Crippen LogP contribution is -2.22. The van der Waals surface area contributed by atoms with Gasteiger partial charge in [-0.05, 0) is 60.5 Å². The summed E-state index contributed by atoms with van der Waals surface area (Å²) in [5.74, 6) is 0. The van der Waals surface area contributed by atoms with Crippen molar-refractivity contribution >= 4 is 0 Å². The van der Waals surface area contributed by atoms with Crippen molar-refractivity contribution in [1.82, 2.24) is 10.3 Å². The molecule has 0 spiro atoms. The lowest BCUT2D eigenvalue weighted by molar-refractivity contribution is 0.627. The second-order valence-corrected chi connectivity index (χ2v) is 5.67. The van der Waals surface area contributed by atoms with Gasteiger partial charge in [-0.1, -0.05) is 31.2 Å². The molecule has 1 N–H and O–H groups in total. The van der Waals surface area contributed by atoms with Crippen LogP contribution < -0.4 is 5.32 Å². The summed E-state index contributed by atoms with van der Waals surface area (Å²) in [6.45, 7) is 5.21. The third kappa shape index (κ3) is 2.61. The molecule has 0 aliphatic heterocycles. The summed E-state index contributed by atoms with van der Waals surface area (Å²) in [4.78, 5) is 4.35. The molecule has 1 atom stereocenters. The average molecular weight is 266 g/mol. The summed E-state index contributed by atoms with van der Waals surface area (Å²) in [6, 6.07) is 9.45. The average Bonchev–Trinajstić information content (AvgIpc) is 2.92. The molecule has 1 aliphatic rings. The Hall–Kier alpha value is -1.67. The standard InChI is InChI=1S/C18H22N2/c1-3-20-18(17-9-13(2)11-19-12-17)16-8-7-14-5-4-6-15(14)10-16/h7-12,18,20H,3-6H2,1-2H3. The quantitative estimate of drug-likeness (QED) is 0.915. The van der Waals surface area contributed by atoms with Crippen molar-refractivity contribution < 1.29 is 0 Å². The van der Waals surface area contributed by atoms with Gasteiger partial charge in [-0.15, -0.1) is 0 Å². The molecule has 20 heavy (non-hydrogen) atoms. The second kappa shape index (κ2) is 5.76. The number of benzene rings is 1. The number of hydrogen-bond donors (Lipinski definition) is 1. The molecule has 0 saturated carbocycles. The Bertz CT molecular complexity index is 604. The van der Waals surface area contributed by atoms with Gasteiger partial charge in [0.15, 0.2) is 0 Å². The van der Waals surface area contributed by atoms with Crippen LogP contribution in [-0.2, 0) is 12.8 Å². The van der Waals surface area contributed by atoms with E-state index in [4.69, 9.17) is 0 Å². The maximum absolute atomic E-state index is 4.35. The predicted molar refractivity (Wildman–Crippen MR) is 83.0 cm³/mol. The Kier molecular flexibility index (Phi) is 3.83. The Morgan fingerprint density at radius 2 is 1.95 bits per heavy atom. The zero-order chi connectivity index (χ0) is 13.9. The van der Waals surface area contributed by atoms with E-state index >= 15 is 0 Å². The summed E-state index contributed by atoms with van der Waals surface area (Å²) >= 11 is 0. The molecule has 0 radical (unpaired) electrons. The van der Waals surface area contributed by atoms with Gasteiger partial charge in [-0.25, -0.2) is 0 Å². The number of hydrogen-bond acceptors (Lipinski definition) is 2. The summed E-state index contributed by atoms with van der Waals surface area (Å²) in [6.07, 6.45) is 7.67. The van der Waals surface area contributed by atoms with Crippen LogP contribution in [0.25, 0.3) is 0 Å². The summed E-state index contributed by atoms with van der Waals surface area (Å²) < 4.78 is 0. The molecule has 1 heterocycles. The molecule has 104 valence electrons. The van der Waals surface area contributed by atoms with E-state index in [9.17, 15) is 0 Å². The van der Waals surface area contributed by atoms with Crippen molar-refractivity contribution in [2.75, 3.05) is 6.54 Å². The van der Waals surface area contributed by atoms with Gasteiger partial charge in [0, 0.05) is 12.4 Å². The minimum Gasteiger partial charge on any atom is -0.306 e. The van der Waals surface area contributed by atoms with Crippen molar-refractivity contribution in [2.24, 2.45) is 0 Å². The zero-order valence-electron chi connectivity index (χ0n) is 12.3. The van der Waals surface area contributed by atoms with E-state index in [0.717, 1.165) is 6.54 Å². The van der Waals surface area contributed by atoms with Crippen LogP contribution in [-0.4, -0.2) is 11.5 Å². The smallest absolute Gasteiger partial charge is 0.0592 e. The molecular formula is C18H22N2. The van der Waals surface area contributed by atoms with Crippen LogP contribution in [0.5, 0.6) is 0 Å². The van der Waals surface area contributed by atoms with Crippen molar-refractivity contribution in [3.8, 4) is 0 Å². The lowest BCUT2D eigenvalue weighted by atomic mass is 9.96. The Labute approximate surface area is 121 Å². The largest absolute Gasteiger partial charge is 0.306 e. The fourth-order valence-electron chi connectivity index (χ4n) is 3.14. The molecule has 2 aromatic rings. The molecule has 0 fully saturated rings. The van der Waals surface area contributed by atoms with Gasteiger partial charge in [0.05, 0.1) is 6.04 Å². The Balaban J connectivity index is 1.98. The van der Waals surface area contributed by atoms with Crippen molar-refractivity contribution in [2.45, 2.75) is 39.2 Å². The van der Waals surface area contributed by atoms with Crippen molar-refractivity contribution in [3.05, 3.63) is 64.5 Å². The maximum Gasteiger partial charge on any atom is 0.0592 e. The van der Waals surface area contributed by atoms with Gasteiger partial charge >= 0.3 is 0 Å². The van der Waals surface area contributed by atoms with Crippen LogP contribution in [0.15, 0.2) is 36.7 Å². The molecule has 0 saturated heterocycles. The van der Waals surface area contributed by atoms with E-state index in [1.807, 2.05) is 12.4 Å². The molecule has 0 amide bonds. The van der Waals surface area contributed by atoms with E-state index in [1.54, 1.807) is 0 Å². The predicted octanol–water partition coefficient (Wildman–Crippen LogP) is 3.58. The first-order valence-electron chi connectivity index (χ1n) is 7.54. The SMILES string of the molecule is CCNC(c1cncc(C)c1)c1ccc2c(c1)CCC2. The highest BCUT2D eigenvalue weighted by Crippen LogP contribution is 2.28. The fourth-order valence-corrected chi connectivity index (χ4v) is 3.14. The minimum absolute atomic E-state index is 0.248. The first-order chi connectivity index (χ1) is 9.78. The molecule has 0 bridgehead atoms. The topological polar surface area (TPSA) is 24.9 Å². The molecule has 1 unspecified atom stereocenters. The fraction of sp³-hybridized carbons (Fsp3) is 0.389. The van der Waals surface area contributed by atoms with Crippen LogP contribution >= 0.6 is 0 Å². The Morgan fingerprint density at radius 1 is 1.10 bits per heavy atom. The molecule has 2 nitrogen and oxygen atoms in total. The van der Waals surface area contributed by atoms with Crippen molar-refractivity contribution in [3.63, 3.8) is 0 Å². The molecule has 1 aliphatic carbocycles. The normalized spacial score (nSPS) is 15.1. The highest BCUT2D eigenvalue weighted by Gasteiger charge is 2.17. The van der Waals surface area contributed by atoms with Crippen molar-refractivity contribution in [1.29, 1.82) is 0 Å². The molecule has 1 aromatic heterocycles. The highest BCUT2D eigenvalue weighted by molar-refractivity contribution is 5.40. The molecule has 1 aromatic carbocycles. The molecular weight excluding hydrogens is 244 g/mol. The number of nitrogens with zero attached hydrogens (tertiary/aromatic N) is 1. The van der Waals surface area contributed by atoms with E-state index in [0.29, 0.717) is 0 Å². The van der Waals surface area contributed by atoms with Gasteiger partial charge in [-0.3, -0.25) is 4.98 Å². The van der Waals surface area contributed by atoms with Gasteiger partial charge < -0.3 is 5.32 Å². The third-order valence-corrected chi connectivity index (χ3v) is 4.09. The number of rotatable bonds is 4.